The molecule has 0 aromatic heterocycles. The van der Waals surface area contributed by atoms with Gasteiger partial charge in [0.25, 0.3) is 0 Å². The lowest BCUT2D eigenvalue weighted by atomic mass is 10.0. The minimum absolute atomic E-state index is 0.0924. The number of nitrogens with one attached hydrogen (secondary N) is 1. The lowest BCUT2D eigenvalue weighted by Crippen LogP contribution is -2.10. The molecule has 0 aliphatic carbocycles. The van der Waals surface area contributed by atoms with Gasteiger partial charge in [0.15, 0.2) is 16.7 Å². The Labute approximate surface area is 168 Å². The highest BCUT2D eigenvalue weighted by Gasteiger charge is 2.18. The van der Waals surface area contributed by atoms with E-state index in [-0.39, 0.29) is 26.7 Å². The molecule has 0 fully saturated rings. The van der Waals surface area contributed by atoms with Gasteiger partial charge in [-0.1, -0.05) is 48.0 Å². The van der Waals surface area contributed by atoms with Crippen LogP contribution >= 0.6 is 11.6 Å². The normalized spacial score (nSPS) is 11.6. The number of phenolic OH excluding ortho intramolecular Hbond substituents is 1. The Morgan fingerprint density at radius 2 is 1.75 bits per heavy atom. The number of anilines is 1. The van der Waals surface area contributed by atoms with E-state index in [0.717, 1.165) is 5.56 Å². The Kier molecular flexibility index (Phi) is 5.77. The monoisotopic (exact) mass is 415 g/mol. The van der Waals surface area contributed by atoms with Crippen LogP contribution in [0.5, 0.6) is 5.75 Å². The molecule has 0 bridgehead atoms. The molecule has 0 saturated heterocycles. The van der Waals surface area contributed by atoms with Gasteiger partial charge in [-0.05, 0) is 35.4 Å². The number of hydrogen-bond donors (Lipinski definition) is 3. The Bertz CT molecular complexity index is 1090. The summed E-state index contributed by atoms with van der Waals surface area (Å²) in [5, 5.41) is 19.4. The van der Waals surface area contributed by atoms with Crippen molar-refractivity contribution in [2.75, 3.05) is 4.72 Å². The Morgan fingerprint density at radius 3 is 2.39 bits per heavy atom. The molecule has 142 valence electrons. The van der Waals surface area contributed by atoms with Crippen LogP contribution in [0.25, 0.3) is 11.1 Å². The number of carboxylic acid groups (broad SMARTS) is 1. The first kappa shape index (κ1) is 19.6. The second-order valence-electron chi connectivity index (χ2n) is 5.77. The van der Waals surface area contributed by atoms with Crippen LogP contribution in [0.3, 0.4) is 0 Å². The van der Waals surface area contributed by atoms with Gasteiger partial charge in [-0.3, -0.25) is 4.79 Å². The van der Waals surface area contributed by atoms with Crippen molar-refractivity contribution in [1.29, 1.82) is 0 Å². The first-order chi connectivity index (χ1) is 13.4. The zero-order valence-corrected chi connectivity index (χ0v) is 15.8. The van der Waals surface area contributed by atoms with Crippen LogP contribution in [0.4, 0.5) is 5.69 Å². The average molecular weight is 416 g/mol. The average Bonchev–Trinajstić information content (AvgIpc) is 2.70. The summed E-state index contributed by atoms with van der Waals surface area (Å²) in [5.74, 6) is -1.66. The molecule has 3 aromatic rings. The van der Waals surface area contributed by atoms with Crippen LogP contribution in [0.2, 0.25) is 5.02 Å². The molecule has 0 amide bonds. The number of phenols is 1. The number of carboxylic acids is 1. The molecule has 8 heteroatoms. The van der Waals surface area contributed by atoms with Crippen LogP contribution in [-0.4, -0.2) is 26.7 Å². The first-order valence-electron chi connectivity index (χ1n) is 7.99. The third-order valence-corrected chi connectivity index (χ3v) is 5.35. The number of halogens is 1. The van der Waals surface area contributed by atoms with Crippen LogP contribution in [0.1, 0.15) is 20.7 Å². The number of rotatable bonds is 6. The fraction of sp³-hybridized carbons (Fsp3) is 0. The van der Waals surface area contributed by atoms with Crippen LogP contribution in [0.15, 0.2) is 65.6 Å². The standard InChI is InChI=1S/C20H14ClNO5S/c21-16-8-12(11-23)9-18(19(16)24)28(27)22-17-10-14(6-7-15(17)20(25)26)13-4-2-1-3-5-13/h1-11,22,24H,(H,25,26). The van der Waals surface area contributed by atoms with Crippen molar-refractivity contribution in [2.24, 2.45) is 0 Å². The zero-order valence-electron chi connectivity index (χ0n) is 14.3. The van der Waals surface area contributed by atoms with Crippen LogP contribution < -0.4 is 4.72 Å². The lowest BCUT2D eigenvalue weighted by molar-refractivity contribution is 0.0698. The highest BCUT2D eigenvalue weighted by atomic mass is 35.5. The highest BCUT2D eigenvalue weighted by Crippen LogP contribution is 2.33. The number of aldehydes is 1. The molecule has 0 heterocycles. The smallest absolute Gasteiger partial charge is 0.337 e. The number of hydrogen-bond acceptors (Lipinski definition) is 4. The third-order valence-electron chi connectivity index (χ3n) is 3.95. The van der Waals surface area contributed by atoms with Crippen LogP contribution in [-0.2, 0) is 11.0 Å². The number of aromatic carboxylic acids is 1. The van der Waals surface area contributed by atoms with E-state index >= 15 is 0 Å². The molecule has 3 rings (SSSR count). The highest BCUT2D eigenvalue weighted by molar-refractivity contribution is 7.86. The van der Waals surface area contributed by atoms with Crippen molar-refractivity contribution in [3.63, 3.8) is 0 Å². The van der Waals surface area contributed by atoms with Crippen molar-refractivity contribution < 1.29 is 24.0 Å². The van der Waals surface area contributed by atoms with Gasteiger partial charge in [-0.2, -0.15) is 0 Å². The molecular weight excluding hydrogens is 402 g/mol. The predicted octanol–water partition coefficient (Wildman–Crippen LogP) is 4.36. The SMILES string of the molecule is O=Cc1cc(Cl)c(O)c(S(=O)Nc2cc(-c3ccccc3)ccc2C(=O)O)c1. The fourth-order valence-electron chi connectivity index (χ4n) is 2.58. The van der Waals surface area contributed by atoms with E-state index in [0.29, 0.717) is 11.8 Å². The quantitative estimate of drug-likeness (QED) is 0.519. The van der Waals surface area contributed by atoms with Crippen molar-refractivity contribution in [3.05, 3.63) is 76.8 Å². The van der Waals surface area contributed by atoms with Crippen molar-refractivity contribution in [2.45, 2.75) is 4.90 Å². The summed E-state index contributed by atoms with van der Waals surface area (Å²) >= 11 is 5.87. The van der Waals surface area contributed by atoms with Crippen molar-refractivity contribution in [1.82, 2.24) is 0 Å². The number of carbonyl (C=O) groups excluding carboxylic acids is 1. The minimum Gasteiger partial charge on any atom is -0.505 e. The lowest BCUT2D eigenvalue weighted by Gasteiger charge is -2.13. The summed E-state index contributed by atoms with van der Waals surface area (Å²) in [6.45, 7) is 0. The van der Waals surface area contributed by atoms with Crippen molar-refractivity contribution in [3.8, 4) is 16.9 Å². The molecule has 0 aliphatic rings. The van der Waals surface area contributed by atoms with Gasteiger partial charge < -0.3 is 14.9 Å². The molecule has 28 heavy (non-hydrogen) atoms. The molecule has 6 nitrogen and oxygen atoms in total. The summed E-state index contributed by atoms with van der Waals surface area (Å²) in [6.07, 6.45) is 0.505. The molecule has 0 radical (unpaired) electrons. The van der Waals surface area contributed by atoms with E-state index in [9.17, 15) is 24.0 Å². The van der Waals surface area contributed by atoms with Gasteiger partial charge in [0.1, 0.15) is 11.2 Å². The Morgan fingerprint density at radius 1 is 1.04 bits per heavy atom. The predicted molar refractivity (Wildman–Crippen MR) is 107 cm³/mol. The summed E-state index contributed by atoms with van der Waals surface area (Å²) in [6, 6.07) is 16.3. The molecule has 1 unspecified atom stereocenters. The Hall–Kier alpha value is -3.16. The molecule has 0 spiro atoms. The van der Waals surface area contributed by atoms with Crippen LogP contribution in [0, 0.1) is 0 Å². The van der Waals surface area contributed by atoms with E-state index < -0.39 is 22.7 Å². The summed E-state index contributed by atoms with van der Waals surface area (Å²) in [4.78, 5) is 22.4. The maximum atomic E-state index is 12.8. The number of benzene rings is 3. The second kappa shape index (κ2) is 8.24. The van der Waals surface area contributed by atoms with Gasteiger partial charge in [-0.25, -0.2) is 9.00 Å². The first-order valence-corrected chi connectivity index (χ1v) is 9.52. The van der Waals surface area contributed by atoms with E-state index in [2.05, 4.69) is 4.72 Å². The summed E-state index contributed by atoms with van der Waals surface area (Å²) in [7, 11) is -2.07. The molecule has 1 atom stereocenters. The molecule has 0 saturated carbocycles. The second-order valence-corrected chi connectivity index (χ2v) is 7.36. The third kappa shape index (κ3) is 4.05. The van der Waals surface area contributed by atoms with E-state index in [4.69, 9.17) is 11.6 Å². The van der Waals surface area contributed by atoms with E-state index in [1.807, 2.05) is 30.3 Å². The van der Waals surface area contributed by atoms with Crippen molar-refractivity contribution >= 4 is 40.5 Å². The Balaban J connectivity index is 2.03. The topological polar surface area (TPSA) is 104 Å². The molecule has 3 N–H and O–H groups in total. The summed E-state index contributed by atoms with van der Waals surface area (Å²) in [5.41, 5.74) is 1.70. The maximum Gasteiger partial charge on any atom is 0.337 e. The zero-order chi connectivity index (χ0) is 20.3. The molecular formula is C20H14ClNO5S. The van der Waals surface area contributed by atoms with Gasteiger partial charge >= 0.3 is 5.97 Å². The van der Waals surface area contributed by atoms with Gasteiger partial charge in [-0.15, -0.1) is 0 Å². The van der Waals surface area contributed by atoms with E-state index in [1.54, 1.807) is 12.1 Å². The molecule has 0 aliphatic heterocycles. The van der Waals surface area contributed by atoms with Gasteiger partial charge in [0, 0.05) is 5.56 Å². The summed E-state index contributed by atoms with van der Waals surface area (Å²) < 4.78 is 15.3. The van der Waals surface area contributed by atoms with E-state index in [1.165, 1.54) is 18.2 Å². The largest absolute Gasteiger partial charge is 0.505 e. The molecule has 3 aromatic carbocycles. The maximum absolute atomic E-state index is 12.8. The number of aromatic hydroxyl groups is 1. The van der Waals surface area contributed by atoms with Gasteiger partial charge in [0.2, 0.25) is 0 Å². The fourth-order valence-corrected chi connectivity index (χ4v) is 3.87. The van der Waals surface area contributed by atoms with Gasteiger partial charge in [0.05, 0.1) is 16.3 Å². The number of carbonyl (C=O) groups is 2. The minimum atomic E-state index is -2.07.